The molecule has 1 aromatic carbocycles. The molecule has 3 heterocycles. The highest BCUT2D eigenvalue weighted by Gasteiger charge is 2.15. The first kappa shape index (κ1) is 16.8. The largest absolute Gasteiger partial charge is 0.372 e. The van der Waals surface area contributed by atoms with Gasteiger partial charge in [0.05, 0.1) is 11.4 Å². The van der Waals surface area contributed by atoms with Crippen molar-refractivity contribution in [3.8, 4) is 0 Å². The first-order valence-electron chi connectivity index (χ1n) is 9.32. The lowest BCUT2D eigenvalue weighted by Crippen LogP contribution is -2.32. The summed E-state index contributed by atoms with van der Waals surface area (Å²) >= 11 is 0. The summed E-state index contributed by atoms with van der Waals surface area (Å²) in [6, 6.07) is 12.4. The van der Waals surface area contributed by atoms with Crippen LogP contribution in [-0.4, -0.2) is 22.5 Å². The molecule has 26 heavy (non-hydrogen) atoms. The van der Waals surface area contributed by atoms with Crippen molar-refractivity contribution in [2.75, 3.05) is 18.0 Å². The number of fused-ring (bicyclic) bond motifs is 1. The Morgan fingerprint density at radius 3 is 2.42 bits per heavy atom. The van der Waals surface area contributed by atoms with Crippen LogP contribution in [0.25, 0.3) is 5.65 Å². The maximum atomic E-state index is 4.55. The Morgan fingerprint density at radius 2 is 1.69 bits per heavy atom. The second kappa shape index (κ2) is 6.90. The molecule has 0 N–H and O–H groups in total. The molecule has 1 fully saturated rings. The quantitative estimate of drug-likeness (QED) is 0.579. The topological polar surface area (TPSA) is 45.3 Å². The fourth-order valence-electron chi connectivity index (χ4n) is 3.48. The van der Waals surface area contributed by atoms with Crippen LogP contribution in [0.1, 0.15) is 31.0 Å². The van der Waals surface area contributed by atoms with Crippen LogP contribution in [0.5, 0.6) is 0 Å². The van der Waals surface area contributed by atoms with Crippen LogP contribution < -0.4 is 4.90 Å². The van der Waals surface area contributed by atoms with Gasteiger partial charge in [-0.05, 0) is 68.5 Å². The third kappa shape index (κ3) is 3.34. The molecule has 0 saturated carbocycles. The highest BCUT2D eigenvalue weighted by molar-refractivity contribution is 5.54. The average Bonchev–Trinajstić information content (AvgIpc) is 2.96. The van der Waals surface area contributed by atoms with E-state index >= 15 is 0 Å². The summed E-state index contributed by atoms with van der Waals surface area (Å²) in [5, 5.41) is 8.90. The van der Waals surface area contributed by atoms with Crippen LogP contribution in [0.2, 0.25) is 0 Å². The van der Waals surface area contributed by atoms with E-state index in [4.69, 9.17) is 0 Å². The lowest BCUT2D eigenvalue weighted by Gasteiger charge is -2.32. The van der Waals surface area contributed by atoms with Gasteiger partial charge in [-0.25, -0.2) is 4.98 Å². The molecule has 0 radical (unpaired) electrons. The highest BCUT2D eigenvalue weighted by atomic mass is 15.2. The summed E-state index contributed by atoms with van der Waals surface area (Å²) in [5.41, 5.74) is 5.10. The number of imidazole rings is 1. The van der Waals surface area contributed by atoms with Gasteiger partial charge in [-0.1, -0.05) is 13.0 Å². The van der Waals surface area contributed by atoms with E-state index < -0.39 is 0 Å². The van der Waals surface area contributed by atoms with Crippen LogP contribution in [0, 0.1) is 19.8 Å². The van der Waals surface area contributed by atoms with E-state index in [1.54, 1.807) is 0 Å². The van der Waals surface area contributed by atoms with Gasteiger partial charge in [-0.15, -0.1) is 10.2 Å². The fourth-order valence-corrected chi connectivity index (χ4v) is 3.48. The second-order valence-corrected chi connectivity index (χ2v) is 7.34. The molecule has 0 spiro atoms. The Balaban J connectivity index is 1.54. The number of hydrogen-bond donors (Lipinski definition) is 0. The minimum Gasteiger partial charge on any atom is -0.372 e. The molecule has 0 atom stereocenters. The van der Waals surface area contributed by atoms with Crippen molar-refractivity contribution in [2.24, 2.45) is 16.1 Å². The Morgan fingerprint density at radius 1 is 0.962 bits per heavy atom. The molecule has 1 aliphatic rings. The van der Waals surface area contributed by atoms with Crippen LogP contribution in [-0.2, 0) is 0 Å². The molecule has 4 rings (SSSR count). The first-order chi connectivity index (χ1) is 12.6. The van der Waals surface area contributed by atoms with Gasteiger partial charge in [0.15, 0.2) is 5.82 Å². The summed E-state index contributed by atoms with van der Waals surface area (Å²) < 4.78 is 2.00. The number of rotatable bonds is 3. The molecular weight excluding hydrogens is 322 g/mol. The maximum absolute atomic E-state index is 4.55. The predicted molar refractivity (Wildman–Crippen MR) is 106 cm³/mol. The Hall–Kier alpha value is -2.69. The second-order valence-electron chi connectivity index (χ2n) is 7.34. The van der Waals surface area contributed by atoms with Crippen LogP contribution in [0.15, 0.2) is 52.8 Å². The fraction of sp³-hybridized carbons (Fsp3) is 0.381. The molecule has 0 bridgehead atoms. The molecule has 134 valence electrons. The zero-order chi connectivity index (χ0) is 18.1. The molecule has 1 aliphatic heterocycles. The minimum absolute atomic E-state index is 0.790. The molecule has 1 saturated heterocycles. The molecule has 2 aromatic heterocycles. The third-order valence-corrected chi connectivity index (χ3v) is 5.17. The van der Waals surface area contributed by atoms with E-state index in [9.17, 15) is 0 Å². The summed E-state index contributed by atoms with van der Waals surface area (Å²) in [6.07, 6.45) is 4.59. The molecule has 5 nitrogen and oxygen atoms in total. The number of azo groups is 1. The van der Waals surface area contributed by atoms with Crippen molar-refractivity contribution in [1.82, 2.24) is 9.38 Å². The minimum atomic E-state index is 0.790. The molecule has 3 aromatic rings. The first-order valence-corrected chi connectivity index (χ1v) is 9.32. The standard InChI is InChI=1S/C21H25N5/c1-15-10-12-25(13-11-15)19-7-5-18(6-8-19)23-24-21-17(3)22-20-9-4-16(2)14-26(20)21/h4-9,14-15H,10-13H2,1-3H3. The van der Waals surface area contributed by atoms with Gasteiger partial charge in [0.2, 0.25) is 0 Å². The predicted octanol–water partition coefficient (Wildman–Crippen LogP) is 5.60. The Kier molecular flexibility index (Phi) is 4.45. The molecule has 0 unspecified atom stereocenters. The van der Waals surface area contributed by atoms with Crippen molar-refractivity contribution >= 4 is 22.8 Å². The lowest BCUT2D eigenvalue weighted by molar-refractivity contribution is 0.438. The number of piperidine rings is 1. The number of nitrogens with zero attached hydrogens (tertiary/aromatic N) is 5. The van der Waals surface area contributed by atoms with E-state index in [0.717, 1.165) is 41.9 Å². The number of benzene rings is 1. The lowest BCUT2D eigenvalue weighted by atomic mass is 9.99. The van der Waals surface area contributed by atoms with Crippen molar-refractivity contribution in [2.45, 2.75) is 33.6 Å². The smallest absolute Gasteiger partial charge is 0.182 e. The van der Waals surface area contributed by atoms with Gasteiger partial charge >= 0.3 is 0 Å². The van der Waals surface area contributed by atoms with E-state index in [2.05, 4.69) is 52.2 Å². The summed E-state index contributed by atoms with van der Waals surface area (Å²) in [5.74, 6) is 1.63. The number of aryl methyl sites for hydroxylation is 2. The monoisotopic (exact) mass is 347 g/mol. The molecule has 0 aliphatic carbocycles. The van der Waals surface area contributed by atoms with Gasteiger partial charge in [0.25, 0.3) is 0 Å². The van der Waals surface area contributed by atoms with Crippen LogP contribution >= 0.6 is 0 Å². The van der Waals surface area contributed by atoms with Crippen molar-refractivity contribution in [1.29, 1.82) is 0 Å². The van der Waals surface area contributed by atoms with Crippen LogP contribution in [0.3, 0.4) is 0 Å². The number of hydrogen-bond acceptors (Lipinski definition) is 4. The molecule has 0 amide bonds. The zero-order valence-electron chi connectivity index (χ0n) is 15.7. The van der Waals surface area contributed by atoms with E-state index in [0.29, 0.717) is 0 Å². The van der Waals surface area contributed by atoms with Gasteiger partial charge in [0, 0.05) is 25.0 Å². The van der Waals surface area contributed by atoms with Gasteiger partial charge in [0.1, 0.15) is 5.65 Å². The van der Waals surface area contributed by atoms with Crippen LogP contribution in [0.4, 0.5) is 17.2 Å². The third-order valence-electron chi connectivity index (χ3n) is 5.17. The van der Waals surface area contributed by atoms with Gasteiger partial charge in [-0.3, -0.25) is 4.40 Å². The zero-order valence-corrected chi connectivity index (χ0v) is 15.7. The summed E-state index contributed by atoms with van der Waals surface area (Å²) in [4.78, 5) is 7.01. The van der Waals surface area contributed by atoms with E-state index in [1.807, 2.05) is 35.7 Å². The van der Waals surface area contributed by atoms with Crippen molar-refractivity contribution in [3.63, 3.8) is 0 Å². The van der Waals surface area contributed by atoms with E-state index in [1.165, 1.54) is 24.1 Å². The van der Waals surface area contributed by atoms with Crippen molar-refractivity contribution < 1.29 is 0 Å². The van der Waals surface area contributed by atoms with Gasteiger partial charge in [-0.2, -0.15) is 0 Å². The molecular formula is C21H25N5. The maximum Gasteiger partial charge on any atom is 0.182 e. The number of pyridine rings is 1. The SMILES string of the molecule is Cc1ccc2nc(C)c(N=Nc3ccc(N4CCC(C)CC4)cc3)n2c1. The number of aromatic nitrogens is 2. The van der Waals surface area contributed by atoms with Gasteiger partial charge < -0.3 is 4.90 Å². The average molecular weight is 347 g/mol. The summed E-state index contributed by atoms with van der Waals surface area (Å²) in [6.45, 7) is 8.65. The van der Waals surface area contributed by atoms with E-state index in [-0.39, 0.29) is 0 Å². The Labute approximate surface area is 154 Å². The molecule has 5 heteroatoms. The number of anilines is 1. The summed E-state index contributed by atoms with van der Waals surface area (Å²) in [7, 11) is 0. The Bertz CT molecular complexity index is 931. The van der Waals surface area contributed by atoms with Crippen molar-refractivity contribution in [3.05, 3.63) is 53.9 Å². The highest BCUT2D eigenvalue weighted by Crippen LogP contribution is 2.27. The normalized spacial score (nSPS) is 16.0.